The molecule has 2 aromatic rings. The Bertz CT molecular complexity index is 611. The number of hydrogen-bond acceptors (Lipinski definition) is 2. The fourth-order valence-corrected chi connectivity index (χ4v) is 2.12. The van der Waals surface area contributed by atoms with E-state index in [1.807, 2.05) is 25.1 Å². The van der Waals surface area contributed by atoms with Crippen molar-refractivity contribution in [3.63, 3.8) is 0 Å². The first-order valence-electron chi connectivity index (χ1n) is 5.38. The molecule has 88 valence electrons. The predicted octanol–water partition coefficient (Wildman–Crippen LogP) is 1.64. The standard InChI is InChI=1S/C13H14N2O2/c1-8-4-3-5-10-11(9(2)16)6-15(13(8)10)7-12(14)17/h3-6H,7H2,1-2H3,(H2,14,17). The molecule has 0 saturated heterocycles. The van der Waals surface area contributed by atoms with Crippen molar-refractivity contribution in [2.24, 2.45) is 5.73 Å². The molecule has 0 radical (unpaired) electrons. The third kappa shape index (κ3) is 1.93. The molecule has 0 aliphatic carbocycles. The smallest absolute Gasteiger partial charge is 0.237 e. The van der Waals surface area contributed by atoms with E-state index in [0.29, 0.717) is 5.56 Å². The van der Waals surface area contributed by atoms with Crippen molar-refractivity contribution in [2.45, 2.75) is 20.4 Å². The van der Waals surface area contributed by atoms with E-state index in [2.05, 4.69) is 0 Å². The lowest BCUT2D eigenvalue weighted by atomic mass is 10.1. The molecule has 0 saturated carbocycles. The van der Waals surface area contributed by atoms with Crippen molar-refractivity contribution in [3.05, 3.63) is 35.5 Å². The average Bonchev–Trinajstić information content (AvgIpc) is 2.57. The highest BCUT2D eigenvalue weighted by Gasteiger charge is 2.14. The molecule has 1 aromatic heterocycles. The van der Waals surface area contributed by atoms with Crippen LogP contribution in [0.15, 0.2) is 24.4 Å². The highest BCUT2D eigenvalue weighted by atomic mass is 16.1. The second-order valence-corrected chi connectivity index (χ2v) is 4.16. The number of carbonyl (C=O) groups is 2. The number of primary amides is 1. The third-order valence-electron chi connectivity index (χ3n) is 2.81. The fraction of sp³-hybridized carbons (Fsp3) is 0.231. The summed E-state index contributed by atoms with van der Waals surface area (Å²) in [6, 6.07) is 5.74. The maximum absolute atomic E-state index is 11.5. The Kier molecular flexibility index (Phi) is 2.71. The summed E-state index contributed by atoms with van der Waals surface area (Å²) in [5.74, 6) is -0.427. The second kappa shape index (κ2) is 4.05. The van der Waals surface area contributed by atoms with Gasteiger partial charge in [-0.15, -0.1) is 0 Å². The minimum absolute atomic E-state index is 0.0104. The van der Waals surface area contributed by atoms with Crippen LogP contribution in [-0.2, 0) is 11.3 Å². The van der Waals surface area contributed by atoms with Crippen molar-refractivity contribution in [2.75, 3.05) is 0 Å². The van der Waals surface area contributed by atoms with E-state index in [1.165, 1.54) is 6.92 Å². The zero-order valence-electron chi connectivity index (χ0n) is 9.86. The molecule has 0 spiro atoms. The fourth-order valence-electron chi connectivity index (χ4n) is 2.12. The highest BCUT2D eigenvalue weighted by molar-refractivity contribution is 6.07. The maximum Gasteiger partial charge on any atom is 0.237 e. The van der Waals surface area contributed by atoms with Gasteiger partial charge in [0.15, 0.2) is 5.78 Å². The summed E-state index contributed by atoms with van der Waals surface area (Å²) >= 11 is 0. The van der Waals surface area contributed by atoms with Crippen molar-refractivity contribution in [1.29, 1.82) is 0 Å². The number of aryl methyl sites for hydroxylation is 1. The van der Waals surface area contributed by atoms with Gasteiger partial charge in [0.05, 0.1) is 5.52 Å². The molecule has 1 heterocycles. The van der Waals surface area contributed by atoms with Crippen molar-refractivity contribution >= 4 is 22.6 Å². The van der Waals surface area contributed by atoms with Crippen LogP contribution in [0.1, 0.15) is 22.8 Å². The van der Waals surface area contributed by atoms with Crippen LogP contribution in [-0.4, -0.2) is 16.3 Å². The second-order valence-electron chi connectivity index (χ2n) is 4.16. The summed E-state index contributed by atoms with van der Waals surface area (Å²) in [4.78, 5) is 22.6. The molecule has 4 nitrogen and oxygen atoms in total. The van der Waals surface area contributed by atoms with E-state index in [0.717, 1.165) is 16.5 Å². The molecular weight excluding hydrogens is 216 g/mol. The van der Waals surface area contributed by atoms with Crippen LogP contribution in [0.2, 0.25) is 0 Å². The minimum Gasteiger partial charge on any atom is -0.368 e. The number of nitrogens with zero attached hydrogens (tertiary/aromatic N) is 1. The van der Waals surface area contributed by atoms with Crippen molar-refractivity contribution < 1.29 is 9.59 Å². The lowest BCUT2D eigenvalue weighted by Crippen LogP contribution is -2.18. The van der Waals surface area contributed by atoms with Gasteiger partial charge in [0.2, 0.25) is 5.91 Å². The molecule has 4 heteroatoms. The van der Waals surface area contributed by atoms with Crippen LogP contribution in [0.25, 0.3) is 10.9 Å². The number of para-hydroxylation sites is 1. The number of amides is 1. The molecule has 2 rings (SSSR count). The van der Waals surface area contributed by atoms with Crippen LogP contribution in [0.5, 0.6) is 0 Å². The summed E-state index contributed by atoms with van der Waals surface area (Å²) in [5, 5.41) is 0.874. The van der Waals surface area contributed by atoms with Crippen molar-refractivity contribution in [1.82, 2.24) is 4.57 Å². The minimum atomic E-state index is -0.416. The lowest BCUT2D eigenvalue weighted by Gasteiger charge is -2.04. The van der Waals surface area contributed by atoms with E-state index in [1.54, 1.807) is 10.8 Å². The molecule has 0 unspecified atom stereocenters. The molecule has 0 aliphatic heterocycles. The zero-order valence-corrected chi connectivity index (χ0v) is 9.86. The first kappa shape index (κ1) is 11.4. The van der Waals surface area contributed by atoms with Gasteiger partial charge < -0.3 is 10.3 Å². The van der Waals surface area contributed by atoms with Gasteiger partial charge in [-0.1, -0.05) is 18.2 Å². The summed E-state index contributed by atoms with van der Waals surface area (Å²) < 4.78 is 1.74. The lowest BCUT2D eigenvalue weighted by molar-refractivity contribution is -0.118. The number of benzene rings is 1. The Morgan fingerprint density at radius 3 is 2.65 bits per heavy atom. The van der Waals surface area contributed by atoms with E-state index in [-0.39, 0.29) is 12.3 Å². The topological polar surface area (TPSA) is 65.1 Å². The van der Waals surface area contributed by atoms with E-state index >= 15 is 0 Å². The van der Waals surface area contributed by atoms with Crippen LogP contribution < -0.4 is 5.73 Å². The van der Waals surface area contributed by atoms with Gasteiger partial charge >= 0.3 is 0 Å². The zero-order chi connectivity index (χ0) is 12.6. The average molecular weight is 230 g/mol. The summed E-state index contributed by atoms with van der Waals surface area (Å²) in [6.45, 7) is 3.56. The summed E-state index contributed by atoms with van der Waals surface area (Å²) in [7, 11) is 0. The Labute approximate surface area is 99.0 Å². The molecule has 0 atom stereocenters. The van der Waals surface area contributed by atoms with Crippen LogP contribution in [0.4, 0.5) is 0 Å². The van der Waals surface area contributed by atoms with Crippen LogP contribution >= 0.6 is 0 Å². The number of fused-ring (bicyclic) bond motifs is 1. The number of aromatic nitrogens is 1. The van der Waals surface area contributed by atoms with E-state index < -0.39 is 5.91 Å². The van der Waals surface area contributed by atoms with Gasteiger partial charge in [-0.05, 0) is 19.4 Å². The molecule has 0 fully saturated rings. The molecule has 0 bridgehead atoms. The largest absolute Gasteiger partial charge is 0.368 e. The monoisotopic (exact) mass is 230 g/mol. The molecule has 0 aliphatic rings. The normalized spacial score (nSPS) is 10.7. The number of Topliss-reactive ketones (excluding diaryl/α,β-unsaturated/α-hetero) is 1. The van der Waals surface area contributed by atoms with Crippen molar-refractivity contribution in [3.8, 4) is 0 Å². The molecular formula is C13H14N2O2. The van der Waals surface area contributed by atoms with Gasteiger partial charge in [-0.2, -0.15) is 0 Å². The van der Waals surface area contributed by atoms with Crippen LogP contribution in [0, 0.1) is 6.92 Å². The van der Waals surface area contributed by atoms with Gasteiger partial charge in [-0.25, -0.2) is 0 Å². The summed E-state index contributed by atoms with van der Waals surface area (Å²) in [6.07, 6.45) is 1.70. The number of ketones is 1. The SMILES string of the molecule is CC(=O)c1cn(CC(N)=O)c2c(C)cccc12. The number of nitrogens with two attached hydrogens (primary N) is 1. The molecule has 1 aromatic carbocycles. The first-order chi connectivity index (χ1) is 8.00. The summed E-state index contributed by atoms with van der Waals surface area (Å²) in [5.41, 5.74) is 7.76. The quantitative estimate of drug-likeness (QED) is 0.814. The third-order valence-corrected chi connectivity index (χ3v) is 2.81. The van der Waals surface area contributed by atoms with E-state index in [9.17, 15) is 9.59 Å². The number of hydrogen-bond donors (Lipinski definition) is 1. The Balaban J connectivity index is 2.75. The molecule has 1 amide bonds. The maximum atomic E-state index is 11.5. The first-order valence-corrected chi connectivity index (χ1v) is 5.38. The van der Waals surface area contributed by atoms with E-state index in [4.69, 9.17) is 5.73 Å². The highest BCUT2D eigenvalue weighted by Crippen LogP contribution is 2.24. The Morgan fingerprint density at radius 2 is 2.06 bits per heavy atom. The number of carbonyl (C=O) groups excluding carboxylic acids is 2. The number of rotatable bonds is 3. The van der Waals surface area contributed by atoms with Gasteiger partial charge in [0.1, 0.15) is 6.54 Å². The van der Waals surface area contributed by atoms with Crippen LogP contribution in [0.3, 0.4) is 0 Å². The van der Waals surface area contributed by atoms with Gasteiger partial charge in [0.25, 0.3) is 0 Å². The van der Waals surface area contributed by atoms with Gasteiger partial charge in [-0.3, -0.25) is 9.59 Å². The Hall–Kier alpha value is -2.10. The Morgan fingerprint density at radius 1 is 1.35 bits per heavy atom. The predicted molar refractivity (Wildman–Crippen MR) is 65.9 cm³/mol. The van der Waals surface area contributed by atoms with Gasteiger partial charge in [0, 0.05) is 17.1 Å². The molecule has 2 N–H and O–H groups in total. The molecule has 17 heavy (non-hydrogen) atoms.